The molecule has 1 heteroatoms. The van der Waals surface area contributed by atoms with Gasteiger partial charge in [-0.2, -0.15) is 0 Å². The van der Waals surface area contributed by atoms with Crippen LogP contribution >= 0.6 is 0 Å². The first-order valence-corrected chi connectivity index (χ1v) is 13.1. The second-order valence-electron chi connectivity index (χ2n) is 9.19. The summed E-state index contributed by atoms with van der Waals surface area (Å²) in [6.45, 7) is 2.28. The van der Waals surface area contributed by atoms with Crippen LogP contribution in [0, 0.1) is 0 Å². The second kappa shape index (κ2) is 13.3. The maximum absolute atomic E-state index is 2.33. The van der Waals surface area contributed by atoms with Crippen molar-refractivity contribution in [2.24, 2.45) is 0 Å². The number of anilines is 3. The standard InChI is InChI=1S/C34H37N/c1-2-3-4-5-6-9-16-30-21-25-33(26-22-30)35(32-17-12-8-13-18-32)34-27-23-31(24-28-34)20-19-29-14-10-7-11-15-29/h7-8,10-15,17-28H,2-6,9,16H2,1H3/b20-19+. The monoisotopic (exact) mass is 459 g/mol. The van der Waals surface area contributed by atoms with Crippen LogP contribution in [-0.4, -0.2) is 0 Å². The van der Waals surface area contributed by atoms with Gasteiger partial charge in [0.2, 0.25) is 0 Å². The van der Waals surface area contributed by atoms with Crippen molar-refractivity contribution >= 4 is 29.2 Å². The molecule has 0 radical (unpaired) electrons. The van der Waals surface area contributed by atoms with E-state index < -0.39 is 0 Å². The Morgan fingerprint density at radius 3 is 1.60 bits per heavy atom. The van der Waals surface area contributed by atoms with E-state index in [0.29, 0.717) is 0 Å². The van der Waals surface area contributed by atoms with Gasteiger partial charge in [-0.05, 0) is 65.9 Å². The molecular weight excluding hydrogens is 422 g/mol. The highest BCUT2D eigenvalue weighted by molar-refractivity contribution is 5.78. The Morgan fingerprint density at radius 1 is 0.486 bits per heavy atom. The van der Waals surface area contributed by atoms with E-state index in [2.05, 4.69) is 127 Å². The van der Waals surface area contributed by atoms with Gasteiger partial charge in [0.25, 0.3) is 0 Å². The van der Waals surface area contributed by atoms with Crippen molar-refractivity contribution in [1.29, 1.82) is 0 Å². The van der Waals surface area contributed by atoms with Gasteiger partial charge in [-0.25, -0.2) is 0 Å². The lowest BCUT2D eigenvalue weighted by Crippen LogP contribution is -2.09. The van der Waals surface area contributed by atoms with E-state index in [9.17, 15) is 0 Å². The zero-order valence-electron chi connectivity index (χ0n) is 20.9. The summed E-state index contributed by atoms with van der Waals surface area (Å²) >= 11 is 0. The molecule has 0 aliphatic heterocycles. The summed E-state index contributed by atoms with van der Waals surface area (Å²) in [5.41, 5.74) is 7.36. The van der Waals surface area contributed by atoms with Gasteiger partial charge in [-0.15, -0.1) is 0 Å². The molecule has 178 valence electrons. The fourth-order valence-corrected chi connectivity index (χ4v) is 4.44. The largest absolute Gasteiger partial charge is 0.311 e. The van der Waals surface area contributed by atoms with Crippen LogP contribution in [0.2, 0.25) is 0 Å². The molecule has 4 aromatic rings. The molecule has 0 atom stereocenters. The smallest absolute Gasteiger partial charge is 0.0462 e. The van der Waals surface area contributed by atoms with Crippen LogP contribution < -0.4 is 4.90 Å². The lowest BCUT2D eigenvalue weighted by molar-refractivity contribution is 0.607. The van der Waals surface area contributed by atoms with Crippen LogP contribution in [0.25, 0.3) is 12.2 Å². The minimum atomic E-state index is 1.16. The van der Waals surface area contributed by atoms with E-state index in [1.165, 1.54) is 73.0 Å². The van der Waals surface area contributed by atoms with Crippen molar-refractivity contribution in [2.75, 3.05) is 4.90 Å². The molecule has 35 heavy (non-hydrogen) atoms. The number of benzene rings is 4. The number of hydrogen-bond donors (Lipinski definition) is 0. The average molecular weight is 460 g/mol. The van der Waals surface area contributed by atoms with Gasteiger partial charge in [0.05, 0.1) is 0 Å². The Labute approximate surface area is 211 Å². The fourth-order valence-electron chi connectivity index (χ4n) is 4.44. The lowest BCUT2D eigenvalue weighted by atomic mass is 10.0. The van der Waals surface area contributed by atoms with Crippen molar-refractivity contribution in [3.63, 3.8) is 0 Å². The van der Waals surface area contributed by atoms with Gasteiger partial charge >= 0.3 is 0 Å². The Kier molecular flexibility index (Phi) is 9.36. The summed E-state index contributed by atoms with van der Waals surface area (Å²) in [5.74, 6) is 0. The maximum Gasteiger partial charge on any atom is 0.0462 e. The van der Waals surface area contributed by atoms with Gasteiger partial charge in [0.1, 0.15) is 0 Å². The quantitative estimate of drug-likeness (QED) is 0.150. The molecule has 0 spiro atoms. The number of aryl methyl sites for hydroxylation is 1. The Balaban J connectivity index is 1.48. The number of unbranched alkanes of at least 4 members (excludes halogenated alkanes) is 5. The van der Waals surface area contributed by atoms with Crippen LogP contribution in [0.15, 0.2) is 109 Å². The maximum atomic E-state index is 2.33. The number of para-hydroxylation sites is 1. The molecule has 0 aliphatic carbocycles. The number of rotatable bonds is 12. The summed E-state index contributed by atoms with van der Waals surface area (Å²) in [5, 5.41) is 0. The zero-order valence-corrected chi connectivity index (χ0v) is 20.9. The summed E-state index contributed by atoms with van der Waals surface area (Å²) in [4.78, 5) is 2.33. The molecular formula is C34H37N. The Hall–Kier alpha value is -3.58. The summed E-state index contributed by atoms with van der Waals surface area (Å²) < 4.78 is 0. The molecule has 0 N–H and O–H groups in total. The van der Waals surface area contributed by atoms with Gasteiger partial charge < -0.3 is 4.90 Å². The van der Waals surface area contributed by atoms with Crippen molar-refractivity contribution in [2.45, 2.75) is 51.9 Å². The predicted molar refractivity (Wildman–Crippen MR) is 154 cm³/mol. The molecule has 0 amide bonds. The zero-order chi connectivity index (χ0) is 24.1. The summed E-state index contributed by atoms with van der Waals surface area (Å²) in [6, 6.07) is 39.0. The third kappa shape index (κ3) is 7.45. The van der Waals surface area contributed by atoms with Gasteiger partial charge in [0.15, 0.2) is 0 Å². The average Bonchev–Trinajstić information content (AvgIpc) is 2.92. The third-order valence-corrected chi connectivity index (χ3v) is 6.45. The number of hydrogen-bond acceptors (Lipinski definition) is 1. The molecule has 0 saturated carbocycles. The Bertz CT molecular complexity index is 1140. The van der Waals surface area contributed by atoms with Gasteiger partial charge in [0, 0.05) is 17.1 Å². The predicted octanol–water partition coefficient (Wildman–Crippen LogP) is 10.2. The van der Waals surface area contributed by atoms with E-state index in [1.807, 2.05) is 6.07 Å². The first-order chi connectivity index (χ1) is 17.3. The van der Waals surface area contributed by atoms with E-state index in [4.69, 9.17) is 0 Å². The van der Waals surface area contributed by atoms with E-state index in [0.717, 1.165) is 5.69 Å². The van der Waals surface area contributed by atoms with Gasteiger partial charge in [-0.1, -0.05) is 124 Å². The molecule has 0 bridgehead atoms. The molecule has 0 heterocycles. The summed E-state index contributed by atoms with van der Waals surface area (Å²) in [7, 11) is 0. The highest BCUT2D eigenvalue weighted by Gasteiger charge is 2.12. The Morgan fingerprint density at radius 2 is 0.971 bits per heavy atom. The van der Waals surface area contributed by atoms with Crippen LogP contribution in [0.1, 0.15) is 62.1 Å². The molecule has 0 unspecified atom stereocenters. The molecule has 4 rings (SSSR count). The highest BCUT2D eigenvalue weighted by atomic mass is 15.1. The first-order valence-electron chi connectivity index (χ1n) is 13.1. The van der Waals surface area contributed by atoms with E-state index in [1.54, 1.807) is 0 Å². The molecule has 4 aromatic carbocycles. The molecule has 0 aliphatic rings. The third-order valence-electron chi connectivity index (χ3n) is 6.45. The fraction of sp³-hybridized carbons (Fsp3) is 0.235. The summed E-state index contributed by atoms with van der Waals surface area (Å²) in [6.07, 6.45) is 13.5. The molecule has 0 saturated heterocycles. The topological polar surface area (TPSA) is 3.24 Å². The first kappa shape index (κ1) is 24.5. The van der Waals surface area contributed by atoms with Crippen LogP contribution in [0.5, 0.6) is 0 Å². The van der Waals surface area contributed by atoms with Crippen LogP contribution in [0.3, 0.4) is 0 Å². The normalized spacial score (nSPS) is 11.1. The SMILES string of the molecule is CCCCCCCCc1ccc(N(c2ccccc2)c2ccc(/C=C/c3ccccc3)cc2)cc1. The minimum absolute atomic E-state index is 1.16. The van der Waals surface area contributed by atoms with Crippen molar-refractivity contribution < 1.29 is 0 Å². The van der Waals surface area contributed by atoms with Crippen molar-refractivity contribution in [1.82, 2.24) is 0 Å². The van der Waals surface area contributed by atoms with Gasteiger partial charge in [-0.3, -0.25) is 0 Å². The molecule has 0 aromatic heterocycles. The van der Waals surface area contributed by atoms with Crippen LogP contribution in [-0.2, 0) is 6.42 Å². The second-order valence-corrected chi connectivity index (χ2v) is 9.19. The van der Waals surface area contributed by atoms with Crippen molar-refractivity contribution in [3.05, 3.63) is 126 Å². The van der Waals surface area contributed by atoms with Crippen molar-refractivity contribution in [3.8, 4) is 0 Å². The lowest BCUT2D eigenvalue weighted by Gasteiger charge is -2.25. The van der Waals surface area contributed by atoms with E-state index >= 15 is 0 Å². The van der Waals surface area contributed by atoms with Crippen LogP contribution in [0.4, 0.5) is 17.1 Å². The molecule has 1 nitrogen and oxygen atoms in total. The molecule has 0 fully saturated rings. The van der Waals surface area contributed by atoms with E-state index in [-0.39, 0.29) is 0 Å². The minimum Gasteiger partial charge on any atom is -0.311 e. The number of nitrogens with zero attached hydrogens (tertiary/aromatic N) is 1. The highest BCUT2D eigenvalue weighted by Crippen LogP contribution is 2.34.